The molecule has 108 valence electrons. The second-order valence-corrected chi connectivity index (χ2v) is 13.7. The molecule has 1 aromatic carbocycles. The Bertz CT molecular complexity index is 526. The normalized spacial score (nSPS) is 12.9. The Morgan fingerprint density at radius 3 is 2.26 bits per heavy atom. The van der Waals surface area contributed by atoms with Crippen molar-refractivity contribution >= 4 is 34.2 Å². The quantitative estimate of drug-likeness (QED) is 0.725. The Labute approximate surface area is 126 Å². The van der Waals surface area contributed by atoms with Crippen LogP contribution in [0.15, 0.2) is 28.7 Å². The SMILES string of the molecule is C[Si](C)(C)N(CCCc1ccccc1Br)S(C)(=O)=O. The van der Waals surface area contributed by atoms with Crippen LogP contribution in [0, 0.1) is 0 Å². The summed E-state index contributed by atoms with van der Waals surface area (Å²) in [7, 11) is -4.94. The number of aryl methyl sites for hydroxylation is 1. The lowest BCUT2D eigenvalue weighted by atomic mass is 10.1. The summed E-state index contributed by atoms with van der Waals surface area (Å²) in [5.74, 6) is 0. The van der Waals surface area contributed by atoms with Crippen LogP contribution in [-0.4, -0.2) is 33.4 Å². The van der Waals surface area contributed by atoms with Crippen LogP contribution >= 0.6 is 15.9 Å². The van der Waals surface area contributed by atoms with Crippen LogP contribution in [0.25, 0.3) is 0 Å². The molecule has 0 spiro atoms. The van der Waals surface area contributed by atoms with Gasteiger partial charge in [0.1, 0.15) is 8.24 Å². The predicted molar refractivity (Wildman–Crippen MR) is 87.4 cm³/mol. The maximum absolute atomic E-state index is 11.8. The third-order valence-corrected chi connectivity index (χ3v) is 9.03. The van der Waals surface area contributed by atoms with Crippen molar-refractivity contribution in [2.24, 2.45) is 0 Å². The Kier molecular flexibility index (Phi) is 5.79. The smallest absolute Gasteiger partial charge is 0.205 e. The largest absolute Gasteiger partial charge is 0.225 e. The summed E-state index contributed by atoms with van der Waals surface area (Å²) in [6, 6.07) is 8.08. The van der Waals surface area contributed by atoms with E-state index in [9.17, 15) is 8.42 Å². The molecular formula is C13H22BrNO2SSi. The summed E-state index contributed by atoms with van der Waals surface area (Å²) in [5, 5.41) is 0. The van der Waals surface area contributed by atoms with Crippen molar-refractivity contribution in [1.29, 1.82) is 0 Å². The summed E-state index contributed by atoms with van der Waals surface area (Å²) >= 11 is 3.52. The second-order valence-electron chi connectivity index (χ2n) is 5.70. The monoisotopic (exact) mass is 363 g/mol. The van der Waals surface area contributed by atoms with Gasteiger partial charge in [-0.2, -0.15) is 0 Å². The zero-order chi connectivity index (χ0) is 14.7. The van der Waals surface area contributed by atoms with Crippen molar-refractivity contribution in [2.45, 2.75) is 32.5 Å². The van der Waals surface area contributed by atoms with Crippen LogP contribution in [0.3, 0.4) is 0 Å². The number of rotatable bonds is 6. The number of halogens is 1. The van der Waals surface area contributed by atoms with Gasteiger partial charge in [-0.1, -0.05) is 53.8 Å². The standard InChI is InChI=1S/C13H22BrNO2SSi/c1-18(16,17)15(19(2,3)4)11-7-9-12-8-5-6-10-13(12)14/h5-6,8,10H,7,9,11H2,1-4H3. The van der Waals surface area contributed by atoms with Crippen molar-refractivity contribution in [2.75, 3.05) is 12.8 Å². The average Bonchev–Trinajstić information content (AvgIpc) is 2.23. The lowest BCUT2D eigenvalue weighted by Crippen LogP contribution is -2.49. The molecule has 0 saturated carbocycles. The van der Waals surface area contributed by atoms with E-state index in [1.165, 1.54) is 11.8 Å². The molecule has 1 rings (SSSR count). The van der Waals surface area contributed by atoms with E-state index < -0.39 is 18.3 Å². The average molecular weight is 364 g/mol. The summed E-state index contributed by atoms with van der Waals surface area (Å²) < 4.78 is 26.5. The number of sulfonamides is 1. The zero-order valence-corrected chi connectivity index (χ0v) is 15.4. The molecular weight excluding hydrogens is 342 g/mol. The maximum Gasteiger partial charge on any atom is 0.205 e. The Morgan fingerprint density at radius 2 is 1.79 bits per heavy atom. The summed E-state index contributed by atoms with van der Waals surface area (Å²) in [6.45, 7) is 6.79. The van der Waals surface area contributed by atoms with Gasteiger partial charge in [-0.15, -0.1) is 0 Å². The Balaban J connectivity index is 2.67. The fourth-order valence-corrected chi connectivity index (χ4v) is 7.87. The van der Waals surface area contributed by atoms with Crippen LogP contribution < -0.4 is 0 Å². The van der Waals surface area contributed by atoms with E-state index >= 15 is 0 Å². The van der Waals surface area contributed by atoms with E-state index in [0.717, 1.165) is 17.3 Å². The van der Waals surface area contributed by atoms with Gasteiger partial charge in [0.15, 0.2) is 0 Å². The van der Waals surface area contributed by atoms with Gasteiger partial charge in [-0.25, -0.2) is 12.4 Å². The predicted octanol–water partition coefficient (Wildman–Crippen LogP) is 3.48. The second kappa shape index (κ2) is 6.52. The molecule has 0 amide bonds. The fourth-order valence-electron chi connectivity index (χ4n) is 2.11. The highest BCUT2D eigenvalue weighted by Gasteiger charge is 2.30. The first-order chi connectivity index (χ1) is 8.62. The topological polar surface area (TPSA) is 37.4 Å². The highest BCUT2D eigenvalue weighted by Crippen LogP contribution is 2.19. The first-order valence-electron chi connectivity index (χ1n) is 6.33. The molecule has 0 fully saturated rings. The lowest BCUT2D eigenvalue weighted by molar-refractivity contribution is 0.519. The third-order valence-electron chi connectivity index (χ3n) is 2.91. The van der Waals surface area contributed by atoms with Gasteiger partial charge in [-0.3, -0.25) is 0 Å². The van der Waals surface area contributed by atoms with Crippen LogP contribution in [0.4, 0.5) is 0 Å². The van der Waals surface area contributed by atoms with E-state index in [4.69, 9.17) is 0 Å². The van der Waals surface area contributed by atoms with Crippen molar-refractivity contribution in [1.82, 2.24) is 3.97 Å². The fraction of sp³-hybridized carbons (Fsp3) is 0.538. The molecule has 0 atom stereocenters. The van der Waals surface area contributed by atoms with Gasteiger partial charge in [0.2, 0.25) is 10.0 Å². The van der Waals surface area contributed by atoms with Gasteiger partial charge in [0.25, 0.3) is 0 Å². The number of nitrogens with zero attached hydrogens (tertiary/aromatic N) is 1. The highest BCUT2D eigenvalue weighted by molar-refractivity contribution is 9.10. The molecule has 0 heterocycles. The van der Waals surface area contributed by atoms with E-state index in [1.807, 2.05) is 18.2 Å². The van der Waals surface area contributed by atoms with Crippen molar-refractivity contribution in [3.63, 3.8) is 0 Å². The molecule has 0 unspecified atom stereocenters. The molecule has 0 N–H and O–H groups in total. The number of hydrogen-bond acceptors (Lipinski definition) is 2. The van der Waals surface area contributed by atoms with Crippen LogP contribution in [0.2, 0.25) is 19.6 Å². The van der Waals surface area contributed by atoms with Gasteiger partial charge in [0, 0.05) is 11.0 Å². The van der Waals surface area contributed by atoms with Gasteiger partial charge in [0.05, 0.1) is 6.26 Å². The minimum atomic E-state index is -3.10. The number of benzene rings is 1. The Hall–Kier alpha value is -0.173. The van der Waals surface area contributed by atoms with Crippen molar-refractivity contribution in [3.05, 3.63) is 34.3 Å². The minimum absolute atomic E-state index is 0.607. The lowest BCUT2D eigenvalue weighted by Gasteiger charge is -2.31. The summed E-state index contributed by atoms with van der Waals surface area (Å²) in [4.78, 5) is 0. The van der Waals surface area contributed by atoms with Crippen LogP contribution in [-0.2, 0) is 16.4 Å². The minimum Gasteiger partial charge on any atom is -0.225 e. The molecule has 0 aliphatic heterocycles. The van der Waals surface area contributed by atoms with Gasteiger partial charge in [-0.05, 0) is 24.5 Å². The molecule has 3 nitrogen and oxygen atoms in total. The maximum atomic E-state index is 11.8. The van der Waals surface area contributed by atoms with E-state index in [0.29, 0.717) is 6.54 Å². The molecule has 6 heteroatoms. The summed E-state index contributed by atoms with van der Waals surface area (Å²) in [5.41, 5.74) is 1.23. The van der Waals surface area contributed by atoms with E-state index in [2.05, 4.69) is 41.6 Å². The van der Waals surface area contributed by atoms with Crippen molar-refractivity contribution in [3.8, 4) is 0 Å². The van der Waals surface area contributed by atoms with Gasteiger partial charge < -0.3 is 0 Å². The molecule has 1 aromatic rings. The van der Waals surface area contributed by atoms with Gasteiger partial charge >= 0.3 is 0 Å². The number of hydrogen-bond donors (Lipinski definition) is 0. The van der Waals surface area contributed by atoms with E-state index in [-0.39, 0.29) is 0 Å². The first-order valence-corrected chi connectivity index (χ1v) is 12.4. The molecule has 0 aromatic heterocycles. The molecule has 0 radical (unpaired) electrons. The van der Waals surface area contributed by atoms with Crippen LogP contribution in [0.1, 0.15) is 12.0 Å². The first kappa shape index (κ1) is 16.9. The third kappa shape index (κ3) is 5.37. The molecule has 0 bridgehead atoms. The van der Waals surface area contributed by atoms with Crippen LogP contribution in [0.5, 0.6) is 0 Å². The molecule has 19 heavy (non-hydrogen) atoms. The molecule has 0 saturated heterocycles. The zero-order valence-electron chi connectivity index (χ0n) is 12.0. The molecule has 0 aliphatic rings. The molecule has 0 aliphatic carbocycles. The van der Waals surface area contributed by atoms with Crippen molar-refractivity contribution < 1.29 is 8.42 Å². The summed E-state index contributed by atoms with van der Waals surface area (Å²) in [6.07, 6.45) is 3.04. The van der Waals surface area contributed by atoms with E-state index in [1.54, 1.807) is 3.97 Å². The highest BCUT2D eigenvalue weighted by atomic mass is 79.9. The Morgan fingerprint density at radius 1 is 1.21 bits per heavy atom.